The molecule has 14 heavy (non-hydrogen) atoms. The zero-order valence-electron chi connectivity index (χ0n) is 8.13. The molecule has 0 aliphatic carbocycles. The van der Waals surface area contributed by atoms with Crippen molar-refractivity contribution in [3.05, 3.63) is 30.2 Å². The standard InChI is InChI=1S/C10H9O2.BrH.Zn/c1-4-8-5-6-9(11-2)10(7-8)12-3;;/h5-7H,2-3H3;1H;/q-1;;+2/p-1. The zero-order valence-corrected chi connectivity index (χ0v) is 12.7. The van der Waals surface area contributed by atoms with Gasteiger partial charge < -0.3 is 15.9 Å². The molecule has 0 aromatic heterocycles. The van der Waals surface area contributed by atoms with Gasteiger partial charge in [-0.2, -0.15) is 0 Å². The minimum atomic E-state index is 0.620. The Kier molecular flexibility index (Phi) is 7.56. The van der Waals surface area contributed by atoms with Gasteiger partial charge in [-0.25, -0.2) is 0 Å². The molecule has 0 bridgehead atoms. The summed E-state index contributed by atoms with van der Waals surface area (Å²) in [6.07, 6.45) is 6.90. The molecule has 0 atom stereocenters. The van der Waals surface area contributed by atoms with E-state index in [-0.39, 0.29) is 0 Å². The van der Waals surface area contributed by atoms with E-state index in [9.17, 15) is 0 Å². The SMILES string of the molecule is [C-]#Cc1ccc(OC)c(OC)c1.[Zn+][Br]. The van der Waals surface area contributed by atoms with Gasteiger partial charge in [0.05, 0.1) is 14.2 Å². The number of ether oxygens (including phenoxy) is 2. The van der Waals surface area contributed by atoms with Crippen molar-refractivity contribution in [1.29, 1.82) is 0 Å². The molecule has 0 aliphatic heterocycles. The van der Waals surface area contributed by atoms with E-state index in [2.05, 4.69) is 19.5 Å². The molecule has 0 heterocycles. The van der Waals surface area contributed by atoms with Crippen molar-refractivity contribution in [3.8, 4) is 17.4 Å². The van der Waals surface area contributed by atoms with Crippen LogP contribution < -0.4 is 9.47 Å². The molecule has 70 valence electrons. The fourth-order valence-corrected chi connectivity index (χ4v) is 0.914. The van der Waals surface area contributed by atoms with E-state index in [1.54, 1.807) is 32.4 Å². The molecular formula is C10H9BrO2Zn. The molecule has 1 rings (SSSR count). The van der Waals surface area contributed by atoms with Crippen LogP contribution in [0.1, 0.15) is 5.56 Å². The number of halogens is 1. The van der Waals surface area contributed by atoms with Crippen molar-refractivity contribution in [2.45, 2.75) is 0 Å². The van der Waals surface area contributed by atoms with Gasteiger partial charge >= 0.3 is 30.0 Å². The van der Waals surface area contributed by atoms with Gasteiger partial charge in [0.25, 0.3) is 0 Å². The van der Waals surface area contributed by atoms with E-state index in [1.807, 2.05) is 0 Å². The number of hydrogen-bond acceptors (Lipinski definition) is 2. The fourth-order valence-electron chi connectivity index (χ4n) is 0.914. The Hall–Kier alpha value is -0.517. The van der Waals surface area contributed by atoms with Crippen LogP contribution in [-0.4, -0.2) is 14.2 Å². The number of hydrogen-bond donors (Lipinski definition) is 0. The Morgan fingerprint density at radius 1 is 1.21 bits per heavy atom. The Morgan fingerprint density at radius 2 is 1.79 bits per heavy atom. The van der Waals surface area contributed by atoms with Gasteiger partial charge in [-0.15, -0.1) is 11.6 Å². The second kappa shape index (κ2) is 7.85. The number of benzene rings is 1. The number of rotatable bonds is 2. The van der Waals surface area contributed by atoms with E-state index < -0.39 is 0 Å². The first-order chi connectivity index (χ1) is 6.81. The second-order valence-electron chi connectivity index (χ2n) is 2.19. The quantitative estimate of drug-likeness (QED) is 0.475. The van der Waals surface area contributed by atoms with Crippen LogP contribution in [0.25, 0.3) is 0 Å². The van der Waals surface area contributed by atoms with Crippen LogP contribution in [0.4, 0.5) is 0 Å². The molecule has 1 aromatic rings. The topological polar surface area (TPSA) is 18.5 Å². The molecule has 0 saturated heterocycles. The van der Waals surface area contributed by atoms with Crippen LogP contribution in [0, 0.1) is 12.3 Å². The first-order valence-corrected chi connectivity index (χ1v) is 10.7. The summed E-state index contributed by atoms with van der Waals surface area (Å²) >= 11 is 4.25. The van der Waals surface area contributed by atoms with Crippen molar-refractivity contribution in [2.75, 3.05) is 14.2 Å². The molecule has 0 N–H and O–H groups in total. The zero-order chi connectivity index (χ0) is 11.0. The first-order valence-electron chi connectivity index (χ1n) is 3.73. The monoisotopic (exact) mass is 304 g/mol. The summed E-state index contributed by atoms with van der Waals surface area (Å²) in [5, 5.41) is 0. The van der Waals surface area contributed by atoms with Gasteiger partial charge in [0.15, 0.2) is 5.75 Å². The van der Waals surface area contributed by atoms with Crippen molar-refractivity contribution >= 4 is 13.6 Å². The van der Waals surface area contributed by atoms with E-state index in [1.165, 1.54) is 16.3 Å². The Labute approximate surface area is 101 Å². The van der Waals surface area contributed by atoms with Gasteiger partial charge in [0, 0.05) is 0 Å². The van der Waals surface area contributed by atoms with Crippen molar-refractivity contribution in [2.24, 2.45) is 0 Å². The summed E-state index contributed by atoms with van der Waals surface area (Å²) in [6, 6.07) is 5.19. The second-order valence-corrected chi connectivity index (χ2v) is 2.19. The third-order valence-electron chi connectivity index (χ3n) is 1.53. The average molecular weight is 306 g/mol. The summed E-state index contributed by atoms with van der Waals surface area (Å²) in [5.41, 5.74) is 0.674. The van der Waals surface area contributed by atoms with E-state index in [0.29, 0.717) is 17.1 Å². The van der Waals surface area contributed by atoms with E-state index in [0.717, 1.165) is 0 Å². The predicted octanol–water partition coefficient (Wildman–Crippen LogP) is 2.48. The summed E-state index contributed by atoms with van der Waals surface area (Å²) in [6.45, 7) is 0. The molecule has 0 spiro atoms. The van der Waals surface area contributed by atoms with Crippen LogP contribution in [-0.2, 0) is 16.3 Å². The molecule has 0 aliphatic rings. The molecule has 0 saturated carbocycles. The van der Waals surface area contributed by atoms with Crippen LogP contribution in [0.3, 0.4) is 0 Å². The minimum absolute atomic E-state index is 0.620. The van der Waals surface area contributed by atoms with Crippen molar-refractivity contribution < 1.29 is 25.8 Å². The van der Waals surface area contributed by atoms with E-state index in [4.69, 9.17) is 15.9 Å². The van der Waals surface area contributed by atoms with Crippen LogP contribution >= 0.6 is 13.6 Å². The van der Waals surface area contributed by atoms with Gasteiger partial charge in [-0.05, 0) is 6.07 Å². The fraction of sp³-hybridized carbons (Fsp3) is 0.200. The molecule has 0 radical (unpaired) electrons. The predicted molar refractivity (Wildman–Crippen MR) is 54.7 cm³/mol. The first kappa shape index (κ1) is 13.5. The molecule has 1 aromatic carbocycles. The number of methoxy groups -OCH3 is 2. The van der Waals surface area contributed by atoms with Gasteiger partial charge in [-0.1, -0.05) is 6.07 Å². The molecule has 4 heteroatoms. The molecule has 0 fully saturated rings. The normalized spacial score (nSPS) is 8.00. The third kappa shape index (κ3) is 3.69. The molecule has 0 unspecified atom stereocenters. The van der Waals surface area contributed by atoms with Crippen molar-refractivity contribution in [1.82, 2.24) is 0 Å². The Balaban J connectivity index is 0.000000791. The van der Waals surface area contributed by atoms with Gasteiger partial charge in [-0.3, -0.25) is 5.92 Å². The van der Waals surface area contributed by atoms with Crippen molar-refractivity contribution in [3.63, 3.8) is 0 Å². The van der Waals surface area contributed by atoms with Crippen LogP contribution in [0.2, 0.25) is 0 Å². The molecule has 0 amide bonds. The summed E-state index contributed by atoms with van der Waals surface area (Å²) < 4.78 is 10.1. The third-order valence-corrected chi connectivity index (χ3v) is 1.53. The average Bonchev–Trinajstić information content (AvgIpc) is 2.30. The maximum absolute atomic E-state index is 6.90. The summed E-state index contributed by atoms with van der Waals surface area (Å²) in [5.74, 6) is 3.55. The van der Waals surface area contributed by atoms with Gasteiger partial charge in [0.1, 0.15) is 5.75 Å². The summed E-state index contributed by atoms with van der Waals surface area (Å²) in [4.78, 5) is 0. The maximum atomic E-state index is 6.90. The van der Waals surface area contributed by atoms with E-state index >= 15 is 0 Å². The van der Waals surface area contributed by atoms with Gasteiger partial charge in [0.2, 0.25) is 0 Å². The molecular weight excluding hydrogens is 297 g/mol. The van der Waals surface area contributed by atoms with Crippen LogP contribution in [0.5, 0.6) is 11.5 Å². The Morgan fingerprint density at radius 3 is 2.21 bits per heavy atom. The summed E-state index contributed by atoms with van der Waals surface area (Å²) in [7, 11) is 3.14. The Bertz CT molecular complexity index is 320. The van der Waals surface area contributed by atoms with Crippen LogP contribution in [0.15, 0.2) is 18.2 Å². The molecule has 2 nitrogen and oxygen atoms in total.